The lowest BCUT2D eigenvalue weighted by Crippen LogP contribution is -2.40. The number of carbonyl (C=O) groups is 1. The Morgan fingerprint density at radius 2 is 2.17 bits per heavy atom. The van der Waals surface area contributed by atoms with Gasteiger partial charge in [0.05, 0.1) is 23.4 Å². The van der Waals surface area contributed by atoms with Gasteiger partial charge in [-0.15, -0.1) is 11.3 Å². The first kappa shape index (κ1) is 17.7. The van der Waals surface area contributed by atoms with Crippen LogP contribution in [-0.2, 0) is 7.05 Å². The number of hydrogen-bond acceptors (Lipinski definition) is 4. The zero-order valence-corrected chi connectivity index (χ0v) is 15.2. The molecule has 1 amide bonds. The van der Waals surface area contributed by atoms with Crippen molar-refractivity contribution in [3.8, 4) is 11.3 Å². The molecule has 1 unspecified atom stereocenters. The molecule has 0 aliphatic carbocycles. The van der Waals surface area contributed by atoms with Gasteiger partial charge in [-0.3, -0.25) is 4.79 Å². The van der Waals surface area contributed by atoms with E-state index in [2.05, 4.69) is 31.1 Å². The van der Waals surface area contributed by atoms with E-state index in [1.807, 2.05) is 31.6 Å². The second-order valence-electron chi connectivity index (χ2n) is 7.09. The number of thiazole rings is 1. The average molecular weight is 335 g/mol. The summed E-state index contributed by atoms with van der Waals surface area (Å²) in [7, 11) is 1.84. The van der Waals surface area contributed by atoms with E-state index in [4.69, 9.17) is 0 Å². The molecule has 0 aromatic carbocycles. The van der Waals surface area contributed by atoms with Gasteiger partial charge in [-0.2, -0.15) is 0 Å². The minimum atomic E-state index is -0.248. The minimum absolute atomic E-state index is 0.0399. The van der Waals surface area contributed by atoms with Crippen LogP contribution in [-0.4, -0.2) is 33.2 Å². The largest absolute Gasteiger partial charge is 0.394 e. The van der Waals surface area contributed by atoms with Crippen molar-refractivity contribution in [2.24, 2.45) is 12.5 Å². The number of nitrogens with one attached hydrogen (secondary N) is 1. The molecule has 0 saturated heterocycles. The molecule has 0 spiro atoms. The highest BCUT2D eigenvalue weighted by Gasteiger charge is 2.22. The lowest BCUT2D eigenvalue weighted by molar-refractivity contribution is 0.0889. The monoisotopic (exact) mass is 335 g/mol. The van der Waals surface area contributed by atoms with E-state index in [9.17, 15) is 9.90 Å². The van der Waals surface area contributed by atoms with E-state index < -0.39 is 0 Å². The van der Waals surface area contributed by atoms with Crippen LogP contribution in [0, 0.1) is 12.3 Å². The van der Waals surface area contributed by atoms with Gasteiger partial charge >= 0.3 is 0 Å². The number of aryl methyl sites for hydroxylation is 2. The van der Waals surface area contributed by atoms with Gasteiger partial charge in [-0.05, 0) is 24.8 Å². The molecule has 2 aromatic heterocycles. The van der Waals surface area contributed by atoms with Crippen molar-refractivity contribution in [2.75, 3.05) is 6.61 Å². The zero-order valence-electron chi connectivity index (χ0n) is 14.4. The van der Waals surface area contributed by atoms with E-state index in [0.717, 1.165) is 22.7 Å². The van der Waals surface area contributed by atoms with E-state index in [1.165, 1.54) is 0 Å². The van der Waals surface area contributed by atoms with Crippen LogP contribution in [0.15, 0.2) is 17.6 Å². The summed E-state index contributed by atoms with van der Waals surface area (Å²) < 4.78 is 1.80. The topological polar surface area (TPSA) is 67.2 Å². The summed E-state index contributed by atoms with van der Waals surface area (Å²) in [5, 5.41) is 15.4. The molecular weight excluding hydrogens is 310 g/mol. The van der Waals surface area contributed by atoms with E-state index >= 15 is 0 Å². The molecule has 2 rings (SSSR count). The SMILES string of the molecule is Cc1nc(-c2cc(C(=O)NC(CO)CC(C)(C)C)n(C)c2)cs1. The zero-order chi connectivity index (χ0) is 17.2. The Hall–Kier alpha value is -1.66. The Morgan fingerprint density at radius 3 is 2.70 bits per heavy atom. The molecule has 0 bridgehead atoms. The Kier molecular flexibility index (Phi) is 5.26. The summed E-state index contributed by atoms with van der Waals surface area (Å²) in [6.45, 7) is 8.17. The minimum Gasteiger partial charge on any atom is -0.394 e. The summed E-state index contributed by atoms with van der Waals surface area (Å²) in [5.41, 5.74) is 2.42. The molecule has 0 radical (unpaired) electrons. The van der Waals surface area contributed by atoms with Gasteiger partial charge in [0, 0.05) is 24.2 Å². The lowest BCUT2D eigenvalue weighted by atomic mass is 9.88. The second kappa shape index (κ2) is 6.84. The highest BCUT2D eigenvalue weighted by Crippen LogP contribution is 2.24. The highest BCUT2D eigenvalue weighted by molar-refractivity contribution is 7.09. The predicted molar refractivity (Wildman–Crippen MR) is 93.7 cm³/mol. The highest BCUT2D eigenvalue weighted by atomic mass is 32.1. The second-order valence-corrected chi connectivity index (χ2v) is 8.16. The summed E-state index contributed by atoms with van der Waals surface area (Å²) in [5.74, 6) is -0.172. The normalized spacial score (nSPS) is 13.1. The molecule has 23 heavy (non-hydrogen) atoms. The number of aromatic nitrogens is 2. The molecule has 6 heteroatoms. The molecule has 0 aliphatic rings. The molecule has 0 aliphatic heterocycles. The Morgan fingerprint density at radius 1 is 1.48 bits per heavy atom. The van der Waals surface area contributed by atoms with Gasteiger partial charge in [0.2, 0.25) is 0 Å². The summed E-state index contributed by atoms with van der Waals surface area (Å²) in [6, 6.07) is 1.59. The molecule has 2 heterocycles. The third-order valence-corrected chi connectivity index (χ3v) is 4.34. The smallest absolute Gasteiger partial charge is 0.268 e. The van der Waals surface area contributed by atoms with Crippen molar-refractivity contribution in [2.45, 2.75) is 40.2 Å². The first-order valence-corrected chi connectivity index (χ1v) is 8.58. The van der Waals surface area contributed by atoms with Crippen LogP contribution in [0.1, 0.15) is 42.7 Å². The molecule has 2 N–H and O–H groups in total. The molecule has 0 saturated carbocycles. The van der Waals surface area contributed by atoms with Crippen molar-refractivity contribution >= 4 is 17.2 Å². The third-order valence-electron chi connectivity index (χ3n) is 3.57. The van der Waals surface area contributed by atoms with Gasteiger partial charge in [0.1, 0.15) is 5.69 Å². The van der Waals surface area contributed by atoms with Crippen LogP contribution >= 0.6 is 11.3 Å². The summed E-state index contributed by atoms with van der Waals surface area (Å²) >= 11 is 1.59. The van der Waals surface area contributed by atoms with Gasteiger partial charge in [-0.25, -0.2) is 4.98 Å². The van der Waals surface area contributed by atoms with Gasteiger partial charge < -0.3 is 15.0 Å². The molecule has 5 nitrogen and oxygen atoms in total. The van der Waals surface area contributed by atoms with Crippen molar-refractivity contribution in [1.29, 1.82) is 0 Å². The van der Waals surface area contributed by atoms with Gasteiger partial charge in [0.15, 0.2) is 0 Å². The van der Waals surface area contributed by atoms with E-state index in [0.29, 0.717) is 5.69 Å². The quantitative estimate of drug-likeness (QED) is 0.883. The van der Waals surface area contributed by atoms with E-state index in [1.54, 1.807) is 15.9 Å². The van der Waals surface area contributed by atoms with Crippen LogP contribution < -0.4 is 5.32 Å². The number of aliphatic hydroxyl groups excluding tert-OH is 1. The van der Waals surface area contributed by atoms with Crippen LogP contribution in [0.4, 0.5) is 0 Å². The first-order valence-electron chi connectivity index (χ1n) is 7.70. The number of aliphatic hydroxyl groups is 1. The number of hydrogen-bond donors (Lipinski definition) is 2. The molecular formula is C17H25N3O2S. The number of rotatable bonds is 5. The molecule has 2 aromatic rings. The maximum atomic E-state index is 12.5. The van der Waals surface area contributed by atoms with Crippen LogP contribution in [0.2, 0.25) is 0 Å². The first-order chi connectivity index (χ1) is 10.7. The standard InChI is InChI=1S/C17H25N3O2S/c1-11-18-14(10-23-11)12-6-15(20(5)8-12)16(22)19-13(9-21)7-17(2,3)4/h6,8,10,13,21H,7,9H2,1-5H3,(H,19,22). The maximum Gasteiger partial charge on any atom is 0.268 e. The Balaban J connectivity index is 2.15. The maximum absolute atomic E-state index is 12.5. The van der Waals surface area contributed by atoms with Crippen molar-refractivity contribution in [3.05, 3.63) is 28.3 Å². The fourth-order valence-electron chi connectivity index (χ4n) is 2.59. The number of amides is 1. The number of nitrogens with zero attached hydrogens (tertiary/aromatic N) is 2. The van der Waals surface area contributed by atoms with Crippen LogP contribution in [0.25, 0.3) is 11.3 Å². The van der Waals surface area contributed by atoms with Crippen LogP contribution in [0.5, 0.6) is 0 Å². The molecule has 0 fully saturated rings. The van der Waals surface area contributed by atoms with Gasteiger partial charge in [-0.1, -0.05) is 20.8 Å². The molecule has 126 valence electrons. The average Bonchev–Trinajstić information content (AvgIpc) is 3.02. The van der Waals surface area contributed by atoms with Crippen molar-refractivity contribution < 1.29 is 9.90 Å². The van der Waals surface area contributed by atoms with E-state index in [-0.39, 0.29) is 24.0 Å². The fourth-order valence-corrected chi connectivity index (χ4v) is 3.21. The lowest BCUT2D eigenvalue weighted by Gasteiger charge is -2.25. The summed E-state index contributed by atoms with van der Waals surface area (Å²) in [4.78, 5) is 17.0. The fraction of sp³-hybridized carbons (Fsp3) is 0.529. The van der Waals surface area contributed by atoms with Crippen molar-refractivity contribution in [3.63, 3.8) is 0 Å². The Labute approximate surface area is 141 Å². The number of carbonyl (C=O) groups excluding carboxylic acids is 1. The van der Waals surface area contributed by atoms with Crippen LogP contribution in [0.3, 0.4) is 0 Å². The van der Waals surface area contributed by atoms with Crippen molar-refractivity contribution in [1.82, 2.24) is 14.9 Å². The third kappa shape index (κ3) is 4.65. The summed E-state index contributed by atoms with van der Waals surface area (Å²) in [6.07, 6.45) is 2.62. The Bertz CT molecular complexity index is 682. The predicted octanol–water partition coefficient (Wildman–Crippen LogP) is 2.98. The molecule has 1 atom stereocenters. The van der Waals surface area contributed by atoms with Gasteiger partial charge in [0.25, 0.3) is 5.91 Å².